The minimum atomic E-state index is -0.384. The fourth-order valence-corrected chi connectivity index (χ4v) is 4.52. The van der Waals surface area contributed by atoms with Crippen molar-refractivity contribution in [2.75, 3.05) is 6.61 Å². The van der Waals surface area contributed by atoms with Crippen molar-refractivity contribution < 1.29 is 23.7 Å². The van der Waals surface area contributed by atoms with Crippen LogP contribution in [0.2, 0.25) is 0 Å². The fourth-order valence-electron chi connectivity index (χ4n) is 4.52. The monoisotopic (exact) mass is 282 g/mol. The molecule has 5 rings (SSSR count). The van der Waals surface area contributed by atoms with Gasteiger partial charge in [0.2, 0.25) is 0 Å². The van der Waals surface area contributed by atoms with Crippen molar-refractivity contribution in [3.05, 3.63) is 0 Å². The molecule has 0 amide bonds. The predicted octanol–water partition coefficient (Wildman–Crippen LogP) is 2.08. The summed E-state index contributed by atoms with van der Waals surface area (Å²) in [4.78, 5) is 0. The Balaban J connectivity index is 1.37. The molecule has 2 spiro atoms. The van der Waals surface area contributed by atoms with Gasteiger partial charge in [-0.3, -0.25) is 0 Å². The van der Waals surface area contributed by atoms with Crippen molar-refractivity contribution in [1.82, 2.24) is 0 Å². The van der Waals surface area contributed by atoms with Gasteiger partial charge in [-0.15, -0.1) is 0 Å². The number of ether oxygens (including phenoxy) is 5. The third-order valence-electron chi connectivity index (χ3n) is 5.54. The number of fused-ring (bicyclic) bond motifs is 3. The molecule has 0 radical (unpaired) electrons. The Bertz CT molecular complexity index is 399. The smallest absolute Gasteiger partial charge is 0.190 e. The molecule has 5 fully saturated rings. The molecule has 112 valence electrons. The van der Waals surface area contributed by atoms with Crippen LogP contribution >= 0.6 is 0 Å². The van der Waals surface area contributed by atoms with Crippen LogP contribution in [0.5, 0.6) is 0 Å². The van der Waals surface area contributed by atoms with Crippen molar-refractivity contribution in [2.24, 2.45) is 0 Å². The summed E-state index contributed by atoms with van der Waals surface area (Å²) in [6.07, 6.45) is 8.33. The molecule has 5 nitrogen and oxygen atoms in total. The third-order valence-corrected chi connectivity index (χ3v) is 5.54. The van der Waals surface area contributed by atoms with Gasteiger partial charge < -0.3 is 23.7 Å². The highest BCUT2D eigenvalue weighted by molar-refractivity contribution is 5.00. The van der Waals surface area contributed by atoms with E-state index in [-0.39, 0.29) is 36.2 Å². The first-order valence-electron chi connectivity index (χ1n) is 8.11. The Hall–Kier alpha value is -0.200. The second-order valence-electron chi connectivity index (χ2n) is 6.87. The van der Waals surface area contributed by atoms with E-state index < -0.39 is 0 Å². The van der Waals surface area contributed by atoms with Gasteiger partial charge in [-0.2, -0.15) is 0 Å². The molecule has 20 heavy (non-hydrogen) atoms. The Morgan fingerprint density at radius 2 is 1.35 bits per heavy atom. The van der Waals surface area contributed by atoms with Crippen molar-refractivity contribution in [1.29, 1.82) is 0 Å². The van der Waals surface area contributed by atoms with Gasteiger partial charge in [0.1, 0.15) is 18.3 Å². The first-order chi connectivity index (χ1) is 9.78. The molecular formula is C15H22O5. The van der Waals surface area contributed by atoms with E-state index in [0.717, 1.165) is 25.7 Å². The van der Waals surface area contributed by atoms with Crippen LogP contribution in [0.3, 0.4) is 0 Å². The molecule has 2 unspecified atom stereocenters. The Morgan fingerprint density at radius 1 is 0.700 bits per heavy atom. The summed E-state index contributed by atoms with van der Waals surface area (Å²) in [5.41, 5.74) is 0. The van der Waals surface area contributed by atoms with Crippen LogP contribution in [0.25, 0.3) is 0 Å². The van der Waals surface area contributed by atoms with E-state index in [0.29, 0.717) is 6.61 Å². The molecule has 2 saturated carbocycles. The zero-order valence-corrected chi connectivity index (χ0v) is 11.7. The molecule has 5 heteroatoms. The number of hydrogen-bond donors (Lipinski definition) is 0. The lowest BCUT2D eigenvalue weighted by Crippen LogP contribution is -2.52. The summed E-state index contributed by atoms with van der Waals surface area (Å²) in [7, 11) is 0. The highest BCUT2D eigenvalue weighted by atomic mass is 16.9. The lowest BCUT2D eigenvalue weighted by molar-refractivity contribution is -0.332. The zero-order chi connectivity index (χ0) is 13.2. The minimum Gasteiger partial charge on any atom is -0.347 e. The molecule has 2 aliphatic carbocycles. The lowest BCUT2D eigenvalue weighted by atomic mass is 10.1. The molecule has 4 atom stereocenters. The zero-order valence-electron chi connectivity index (χ0n) is 11.7. The summed E-state index contributed by atoms with van der Waals surface area (Å²) in [5, 5.41) is 0. The quantitative estimate of drug-likeness (QED) is 0.681. The van der Waals surface area contributed by atoms with Crippen LogP contribution < -0.4 is 0 Å². The third kappa shape index (κ3) is 1.67. The van der Waals surface area contributed by atoms with Crippen molar-refractivity contribution >= 4 is 0 Å². The molecule has 0 N–H and O–H groups in total. The van der Waals surface area contributed by atoms with Gasteiger partial charge in [-0.05, 0) is 25.7 Å². The second kappa shape index (κ2) is 4.17. The SMILES string of the molecule is C1CCC2(C1)OCC1O[C@@H]3OC4(CCCC4)O[C@@H]3C1O2. The Labute approximate surface area is 118 Å². The van der Waals surface area contributed by atoms with Gasteiger partial charge in [-0.25, -0.2) is 0 Å². The van der Waals surface area contributed by atoms with E-state index in [1.54, 1.807) is 0 Å². The van der Waals surface area contributed by atoms with Crippen molar-refractivity contribution in [2.45, 2.75) is 87.5 Å². The van der Waals surface area contributed by atoms with Gasteiger partial charge in [0.05, 0.1) is 6.61 Å². The standard InChI is InChI=1S/C15H22O5/c1-2-6-14(5-1)16-9-10-11(18-14)12-13(17-10)20-15(19-12)7-3-4-8-15/h10-13H,1-9H2/t10?,11?,12-,13-/m1/s1. The molecule has 3 aliphatic heterocycles. The van der Waals surface area contributed by atoms with Crippen molar-refractivity contribution in [3.8, 4) is 0 Å². The average molecular weight is 282 g/mol. The van der Waals surface area contributed by atoms with Crippen LogP contribution in [-0.2, 0) is 23.7 Å². The maximum Gasteiger partial charge on any atom is 0.190 e. The molecule has 0 aromatic rings. The number of hydrogen-bond acceptors (Lipinski definition) is 5. The lowest BCUT2D eigenvalue weighted by Gasteiger charge is -2.41. The average Bonchev–Trinajstić information content (AvgIpc) is 3.19. The van der Waals surface area contributed by atoms with E-state index in [4.69, 9.17) is 23.7 Å². The fraction of sp³-hybridized carbons (Fsp3) is 1.00. The van der Waals surface area contributed by atoms with E-state index >= 15 is 0 Å². The predicted molar refractivity (Wildman–Crippen MR) is 67.8 cm³/mol. The van der Waals surface area contributed by atoms with E-state index in [1.807, 2.05) is 0 Å². The van der Waals surface area contributed by atoms with Crippen LogP contribution in [0.15, 0.2) is 0 Å². The van der Waals surface area contributed by atoms with Crippen LogP contribution in [0, 0.1) is 0 Å². The summed E-state index contributed by atoms with van der Waals surface area (Å²) < 4.78 is 30.6. The van der Waals surface area contributed by atoms with Gasteiger partial charge in [-0.1, -0.05) is 0 Å². The highest BCUT2D eigenvalue weighted by Crippen LogP contribution is 2.50. The maximum absolute atomic E-state index is 6.32. The van der Waals surface area contributed by atoms with Gasteiger partial charge in [0.15, 0.2) is 17.9 Å². The summed E-state index contributed by atoms with van der Waals surface area (Å²) in [6.45, 7) is 0.609. The van der Waals surface area contributed by atoms with Gasteiger partial charge >= 0.3 is 0 Å². The van der Waals surface area contributed by atoms with E-state index in [9.17, 15) is 0 Å². The van der Waals surface area contributed by atoms with Gasteiger partial charge in [0, 0.05) is 25.7 Å². The van der Waals surface area contributed by atoms with E-state index in [2.05, 4.69) is 0 Å². The maximum atomic E-state index is 6.32. The Kier molecular flexibility index (Phi) is 2.58. The van der Waals surface area contributed by atoms with Crippen LogP contribution in [0.4, 0.5) is 0 Å². The number of rotatable bonds is 0. The normalized spacial score (nSPS) is 48.0. The molecule has 5 aliphatic rings. The van der Waals surface area contributed by atoms with Gasteiger partial charge in [0.25, 0.3) is 0 Å². The molecular weight excluding hydrogens is 260 g/mol. The van der Waals surface area contributed by atoms with Crippen LogP contribution in [0.1, 0.15) is 51.4 Å². The molecule has 3 heterocycles. The van der Waals surface area contributed by atoms with Crippen molar-refractivity contribution in [3.63, 3.8) is 0 Å². The topological polar surface area (TPSA) is 46.2 Å². The molecule has 0 aromatic heterocycles. The minimum absolute atomic E-state index is 0.0215. The molecule has 0 bridgehead atoms. The van der Waals surface area contributed by atoms with Crippen LogP contribution in [-0.4, -0.2) is 42.8 Å². The highest BCUT2D eigenvalue weighted by Gasteiger charge is 2.62. The molecule has 3 saturated heterocycles. The summed E-state index contributed by atoms with van der Waals surface area (Å²) in [5.74, 6) is -0.751. The summed E-state index contributed by atoms with van der Waals surface area (Å²) in [6, 6.07) is 0. The first-order valence-corrected chi connectivity index (χ1v) is 8.11. The Morgan fingerprint density at radius 3 is 2.10 bits per heavy atom. The molecule has 0 aromatic carbocycles. The largest absolute Gasteiger partial charge is 0.347 e. The van der Waals surface area contributed by atoms with E-state index in [1.165, 1.54) is 25.7 Å². The summed E-state index contributed by atoms with van der Waals surface area (Å²) >= 11 is 0. The first kappa shape index (κ1) is 12.4. The second-order valence-corrected chi connectivity index (χ2v) is 6.87.